The molecule has 0 saturated carbocycles. The van der Waals surface area contributed by atoms with E-state index in [2.05, 4.69) is 9.22 Å². The van der Waals surface area contributed by atoms with Gasteiger partial charge in [0, 0.05) is 5.57 Å². The molecule has 1 heterocycles. The largest absolute Gasteiger partial charge is 0.454 e. The number of hydrogen-bond acceptors (Lipinski definition) is 5. The van der Waals surface area contributed by atoms with E-state index in [1.807, 2.05) is 0 Å². The molecular formula is C19H15F3O4S. The molecule has 27 heavy (non-hydrogen) atoms. The Kier molecular flexibility index (Phi) is 5.88. The van der Waals surface area contributed by atoms with Crippen molar-refractivity contribution >= 4 is 29.2 Å². The van der Waals surface area contributed by atoms with Crippen molar-refractivity contribution in [3.8, 4) is 0 Å². The van der Waals surface area contributed by atoms with Crippen molar-refractivity contribution in [1.29, 1.82) is 0 Å². The van der Waals surface area contributed by atoms with Crippen molar-refractivity contribution in [2.24, 2.45) is 0 Å². The predicted molar refractivity (Wildman–Crippen MR) is 93.7 cm³/mol. The molecular weight excluding hydrogens is 381 g/mol. The maximum Gasteiger partial charge on any atom is 0.339 e. The van der Waals surface area contributed by atoms with E-state index in [4.69, 9.17) is 4.74 Å². The highest BCUT2D eigenvalue weighted by Crippen LogP contribution is 2.40. The second-order valence-corrected chi connectivity index (χ2v) is 6.43. The van der Waals surface area contributed by atoms with Crippen LogP contribution in [0.5, 0.6) is 0 Å². The minimum absolute atomic E-state index is 0.0914. The third kappa shape index (κ3) is 3.87. The summed E-state index contributed by atoms with van der Waals surface area (Å²) in [5, 5.41) is 0. The van der Waals surface area contributed by atoms with Gasteiger partial charge in [-0.2, -0.15) is 4.33 Å². The molecule has 142 valence electrons. The van der Waals surface area contributed by atoms with E-state index in [0.29, 0.717) is 29.6 Å². The molecule has 0 fully saturated rings. The minimum Gasteiger partial charge on any atom is -0.454 e. The summed E-state index contributed by atoms with van der Waals surface area (Å²) in [5.74, 6) is -3.35. The molecule has 2 aromatic carbocycles. The lowest BCUT2D eigenvalue weighted by molar-refractivity contribution is -0.160. The van der Waals surface area contributed by atoms with E-state index in [9.17, 15) is 18.0 Å². The molecule has 0 saturated heterocycles. The standard InChI is InChI=1S/C19H15F3O4S/c1-3-15-17(10-5-7-16(14(22)9-10)27-26-24-2)18(19(23)25-15)11-4-6-12(20)13(21)8-11/h4-9,15H,3H2,1-2H3. The van der Waals surface area contributed by atoms with Crippen molar-refractivity contribution in [3.63, 3.8) is 0 Å². The van der Waals surface area contributed by atoms with Crippen molar-refractivity contribution in [1.82, 2.24) is 0 Å². The predicted octanol–water partition coefficient (Wildman–Crippen LogP) is 4.94. The summed E-state index contributed by atoms with van der Waals surface area (Å²) in [5.41, 5.74) is 1.10. The average Bonchev–Trinajstić information content (AvgIpc) is 2.99. The van der Waals surface area contributed by atoms with Gasteiger partial charge in [-0.05, 0) is 41.8 Å². The summed E-state index contributed by atoms with van der Waals surface area (Å²) in [6.07, 6.45) is -0.173. The highest BCUT2D eigenvalue weighted by Gasteiger charge is 2.35. The first-order chi connectivity index (χ1) is 13.0. The number of halogens is 3. The van der Waals surface area contributed by atoms with Crippen molar-refractivity contribution in [2.75, 3.05) is 7.11 Å². The molecule has 4 nitrogen and oxygen atoms in total. The van der Waals surface area contributed by atoms with Crippen LogP contribution in [0.2, 0.25) is 0 Å². The Morgan fingerprint density at radius 1 is 1.04 bits per heavy atom. The van der Waals surface area contributed by atoms with Gasteiger partial charge in [0.2, 0.25) is 0 Å². The topological polar surface area (TPSA) is 44.8 Å². The fourth-order valence-electron chi connectivity index (χ4n) is 2.87. The second-order valence-electron chi connectivity index (χ2n) is 5.68. The van der Waals surface area contributed by atoms with Crippen molar-refractivity contribution < 1.29 is 31.9 Å². The normalized spacial score (nSPS) is 16.8. The Balaban J connectivity index is 2.12. The molecule has 0 bridgehead atoms. The van der Waals surface area contributed by atoms with Crippen LogP contribution in [0.25, 0.3) is 11.1 Å². The van der Waals surface area contributed by atoms with Gasteiger partial charge in [0.1, 0.15) is 11.9 Å². The lowest BCUT2D eigenvalue weighted by Crippen LogP contribution is -2.09. The monoisotopic (exact) mass is 396 g/mol. The highest BCUT2D eigenvalue weighted by molar-refractivity contribution is 7.94. The Bertz CT molecular complexity index is 914. The summed E-state index contributed by atoms with van der Waals surface area (Å²) in [6.45, 7) is 1.80. The molecule has 1 atom stereocenters. The number of carbonyl (C=O) groups is 1. The lowest BCUT2D eigenvalue weighted by Gasteiger charge is -2.13. The lowest BCUT2D eigenvalue weighted by atomic mass is 9.92. The first-order valence-electron chi connectivity index (χ1n) is 8.04. The molecule has 1 unspecified atom stereocenters. The molecule has 0 aliphatic carbocycles. The van der Waals surface area contributed by atoms with E-state index in [1.165, 1.54) is 25.3 Å². The Hall–Kier alpha value is -2.29. The molecule has 0 spiro atoms. The van der Waals surface area contributed by atoms with Crippen LogP contribution >= 0.6 is 12.0 Å². The fourth-order valence-corrected chi connectivity index (χ4v) is 3.27. The van der Waals surface area contributed by atoms with E-state index < -0.39 is 29.5 Å². The van der Waals surface area contributed by atoms with Crippen LogP contribution in [0.1, 0.15) is 24.5 Å². The Labute approximate surface area is 158 Å². The van der Waals surface area contributed by atoms with E-state index in [0.717, 1.165) is 12.1 Å². The number of rotatable bonds is 6. The summed E-state index contributed by atoms with van der Waals surface area (Å²) in [6, 6.07) is 7.46. The van der Waals surface area contributed by atoms with Crippen molar-refractivity contribution in [3.05, 3.63) is 65.0 Å². The third-order valence-electron chi connectivity index (χ3n) is 4.06. The summed E-state index contributed by atoms with van der Waals surface area (Å²) in [4.78, 5) is 17.0. The zero-order valence-corrected chi connectivity index (χ0v) is 15.2. The molecule has 3 rings (SSSR count). The number of ether oxygens (including phenoxy) is 1. The van der Waals surface area contributed by atoms with Gasteiger partial charge in [0.25, 0.3) is 0 Å². The second kappa shape index (κ2) is 8.16. The van der Waals surface area contributed by atoms with E-state index in [-0.39, 0.29) is 16.0 Å². The number of hydrogen-bond donors (Lipinski definition) is 0. The zero-order valence-electron chi connectivity index (χ0n) is 14.4. The van der Waals surface area contributed by atoms with Crippen LogP contribution in [0, 0.1) is 17.5 Å². The van der Waals surface area contributed by atoms with Gasteiger partial charge in [-0.3, -0.25) is 0 Å². The fraction of sp³-hybridized carbons (Fsp3) is 0.211. The van der Waals surface area contributed by atoms with Crippen LogP contribution in [0.4, 0.5) is 13.2 Å². The molecule has 1 aliphatic heterocycles. The van der Waals surface area contributed by atoms with Crippen LogP contribution in [-0.4, -0.2) is 19.2 Å². The smallest absolute Gasteiger partial charge is 0.339 e. The maximum absolute atomic E-state index is 14.4. The van der Waals surface area contributed by atoms with Gasteiger partial charge in [0.05, 0.1) is 29.6 Å². The summed E-state index contributed by atoms with van der Waals surface area (Å²) in [7, 11) is 1.30. The molecule has 1 aliphatic rings. The quantitative estimate of drug-likeness (QED) is 0.300. The average molecular weight is 396 g/mol. The number of esters is 1. The highest BCUT2D eigenvalue weighted by atomic mass is 32.2. The molecule has 0 amide bonds. The van der Waals surface area contributed by atoms with Crippen LogP contribution in [-0.2, 0) is 18.8 Å². The Morgan fingerprint density at radius 2 is 1.74 bits per heavy atom. The van der Waals surface area contributed by atoms with E-state index in [1.54, 1.807) is 13.0 Å². The van der Waals surface area contributed by atoms with Gasteiger partial charge in [0.15, 0.2) is 11.6 Å². The van der Waals surface area contributed by atoms with Gasteiger partial charge >= 0.3 is 5.97 Å². The summed E-state index contributed by atoms with van der Waals surface area (Å²) >= 11 is 0.703. The Morgan fingerprint density at radius 3 is 2.37 bits per heavy atom. The molecule has 0 N–H and O–H groups in total. The van der Waals surface area contributed by atoms with Crippen LogP contribution < -0.4 is 0 Å². The van der Waals surface area contributed by atoms with Gasteiger partial charge in [-0.25, -0.2) is 22.9 Å². The van der Waals surface area contributed by atoms with Crippen LogP contribution in [0.15, 0.2) is 41.3 Å². The molecule has 0 aromatic heterocycles. The van der Waals surface area contributed by atoms with Crippen molar-refractivity contribution in [2.45, 2.75) is 24.3 Å². The van der Waals surface area contributed by atoms with Gasteiger partial charge in [-0.15, -0.1) is 0 Å². The molecule has 0 radical (unpaired) electrons. The zero-order chi connectivity index (χ0) is 19.6. The third-order valence-corrected chi connectivity index (χ3v) is 4.77. The first kappa shape index (κ1) is 19.5. The van der Waals surface area contributed by atoms with Crippen LogP contribution in [0.3, 0.4) is 0 Å². The van der Waals surface area contributed by atoms with E-state index >= 15 is 0 Å². The number of cyclic esters (lactones) is 1. The van der Waals surface area contributed by atoms with Gasteiger partial charge < -0.3 is 4.74 Å². The summed E-state index contributed by atoms with van der Waals surface area (Å²) < 4.78 is 51.3. The first-order valence-corrected chi connectivity index (χ1v) is 8.78. The number of benzene rings is 2. The molecule has 8 heteroatoms. The van der Waals surface area contributed by atoms with Gasteiger partial charge in [-0.1, -0.05) is 19.1 Å². The SMILES string of the molecule is CCC1OC(=O)C(c2ccc(F)c(F)c2)=C1c1ccc(SOOC)c(F)c1. The molecule has 2 aromatic rings. The maximum atomic E-state index is 14.4. The number of carbonyl (C=O) groups excluding carboxylic acids is 1. The minimum atomic E-state index is -1.08.